The van der Waals surface area contributed by atoms with Crippen LogP contribution in [0, 0.1) is 0 Å². The highest BCUT2D eigenvalue weighted by Crippen LogP contribution is 2.46. The van der Waals surface area contributed by atoms with Gasteiger partial charge in [0.2, 0.25) is 0 Å². The number of fused-ring (bicyclic) bond motifs is 3. The Morgan fingerprint density at radius 3 is 1.36 bits per heavy atom. The van der Waals surface area contributed by atoms with Gasteiger partial charge in [0.15, 0.2) is 0 Å². The molecule has 0 aliphatic carbocycles. The van der Waals surface area contributed by atoms with Crippen LogP contribution in [0.3, 0.4) is 0 Å². The molecular formula is C42H28. The molecule has 0 radical (unpaired) electrons. The largest absolute Gasteiger partial charge is 0.0622 e. The molecule has 196 valence electrons. The maximum absolute atomic E-state index is 2.32. The van der Waals surface area contributed by atoms with E-state index in [4.69, 9.17) is 0 Å². The molecule has 42 heavy (non-hydrogen) atoms. The summed E-state index contributed by atoms with van der Waals surface area (Å²) in [6.45, 7) is 0. The zero-order valence-electron chi connectivity index (χ0n) is 23.2. The van der Waals surface area contributed by atoms with E-state index < -0.39 is 0 Å². The minimum absolute atomic E-state index is 1.23. The smallest absolute Gasteiger partial charge is 0.00201 e. The standard InChI is InChI=1S/C42H28/c1-2-12-29(13-3-1)31-22-25-32(26-23-31)41-37-18-8-10-20-39(37)42(40-21-11-9-19-38(40)41)36-17-7-6-16-35(36)34-27-24-30-14-4-5-15-33(30)28-34/h1-28H. The quantitative estimate of drug-likeness (QED) is 0.198. The summed E-state index contributed by atoms with van der Waals surface area (Å²) in [7, 11) is 0. The van der Waals surface area contributed by atoms with Crippen molar-refractivity contribution < 1.29 is 0 Å². The van der Waals surface area contributed by atoms with Gasteiger partial charge < -0.3 is 0 Å². The van der Waals surface area contributed by atoms with Crippen LogP contribution in [0.4, 0.5) is 0 Å². The molecule has 0 spiro atoms. The highest BCUT2D eigenvalue weighted by molar-refractivity contribution is 6.22. The minimum Gasteiger partial charge on any atom is -0.0622 e. The molecule has 0 aromatic heterocycles. The fraction of sp³-hybridized carbons (Fsp3) is 0. The Balaban J connectivity index is 1.38. The summed E-state index contributed by atoms with van der Waals surface area (Å²) < 4.78 is 0. The van der Waals surface area contributed by atoms with Gasteiger partial charge in [-0.1, -0.05) is 164 Å². The van der Waals surface area contributed by atoms with Crippen LogP contribution >= 0.6 is 0 Å². The highest BCUT2D eigenvalue weighted by Gasteiger charge is 2.18. The van der Waals surface area contributed by atoms with E-state index in [0.29, 0.717) is 0 Å². The highest BCUT2D eigenvalue weighted by atomic mass is 14.2. The normalized spacial score (nSPS) is 11.3. The molecule has 0 aliphatic rings. The van der Waals surface area contributed by atoms with Crippen LogP contribution in [0.25, 0.3) is 76.8 Å². The van der Waals surface area contributed by atoms with Crippen LogP contribution in [0.5, 0.6) is 0 Å². The summed E-state index contributed by atoms with van der Waals surface area (Å²) in [5.41, 5.74) is 10.0. The van der Waals surface area contributed by atoms with Crippen LogP contribution in [0.1, 0.15) is 0 Å². The molecule has 0 fully saturated rings. The van der Waals surface area contributed by atoms with Gasteiger partial charge >= 0.3 is 0 Å². The van der Waals surface area contributed by atoms with Gasteiger partial charge in [-0.05, 0) is 82.9 Å². The lowest BCUT2D eigenvalue weighted by Crippen LogP contribution is -1.92. The molecule has 0 unspecified atom stereocenters. The maximum Gasteiger partial charge on any atom is -0.00201 e. The van der Waals surface area contributed by atoms with Crippen molar-refractivity contribution in [2.24, 2.45) is 0 Å². The lowest BCUT2D eigenvalue weighted by Gasteiger charge is -2.20. The van der Waals surface area contributed by atoms with Gasteiger partial charge in [0.05, 0.1) is 0 Å². The summed E-state index contributed by atoms with van der Waals surface area (Å²) >= 11 is 0. The van der Waals surface area contributed by atoms with Gasteiger partial charge in [-0.25, -0.2) is 0 Å². The third-order valence-electron chi connectivity index (χ3n) is 8.47. The average Bonchev–Trinajstić information content (AvgIpc) is 3.07. The summed E-state index contributed by atoms with van der Waals surface area (Å²) in [5, 5.41) is 7.60. The van der Waals surface area contributed by atoms with Crippen molar-refractivity contribution in [3.05, 3.63) is 170 Å². The van der Waals surface area contributed by atoms with Crippen LogP contribution in [-0.2, 0) is 0 Å². The van der Waals surface area contributed by atoms with Crippen LogP contribution in [0.15, 0.2) is 170 Å². The second-order valence-corrected chi connectivity index (χ2v) is 10.9. The zero-order chi connectivity index (χ0) is 27.9. The zero-order valence-corrected chi connectivity index (χ0v) is 23.2. The monoisotopic (exact) mass is 532 g/mol. The van der Waals surface area contributed by atoms with Crippen LogP contribution in [0.2, 0.25) is 0 Å². The van der Waals surface area contributed by atoms with E-state index in [1.54, 1.807) is 0 Å². The van der Waals surface area contributed by atoms with Gasteiger partial charge in [-0.2, -0.15) is 0 Å². The Bertz CT molecular complexity index is 2160. The van der Waals surface area contributed by atoms with E-state index in [-0.39, 0.29) is 0 Å². The Labute approximate surface area is 246 Å². The first-order valence-corrected chi connectivity index (χ1v) is 14.5. The van der Waals surface area contributed by atoms with E-state index in [9.17, 15) is 0 Å². The Morgan fingerprint density at radius 2 is 0.690 bits per heavy atom. The molecule has 0 aliphatic heterocycles. The van der Waals surface area contributed by atoms with E-state index in [2.05, 4.69) is 170 Å². The molecule has 8 aromatic rings. The first-order chi connectivity index (χ1) is 20.8. The third-order valence-corrected chi connectivity index (χ3v) is 8.47. The van der Waals surface area contributed by atoms with Gasteiger partial charge in [0.25, 0.3) is 0 Å². The number of rotatable bonds is 4. The molecule has 0 amide bonds. The Hall–Kier alpha value is -5.46. The molecule has 8 aromatic carbocycles. The number of hydrogen-bond acceptors (Lipinski definition) is 0. The van der Waals surface area contributed by atoms with Crippen molar-refractivity contribution in [1.82, 2.24) is 0 Å². The van der Waals surface area contributed by atoms with Crippen molar-refractivity contribution in [2.45, 2.75) is 0 Å². The molecule has 0 heteroatoms. The summed E-state index contributed by atoms with van der Waals surface area (Å²) in [4.78, 5) is 0. The lowest BCUT2D eigenvalue weighted by molar-refractivity contribution is 1.61. The van der Waals surface area contributed by atoms with Crippen LogP contribution in [-0.4, -0.2) is 0 Å². The fourth-order valence-corrected chi connectivity index (χ4v) is 6.50. The summed E-state index contributed by atoms with van der Waals surface area (Å²) in [6, 6.07) is 61.7. The molecule has 0 saturated carbocycles. The van der Waals surface area contributed by atoms with E-state index in [1.807, 2.05) is 0 Å². The first-order valence-electron chi connectivity index (χ1n) is 14.5. The van der Waals surface area contributed by atoms with E-state index in [0.717, 1.165) is 0 Å². The Kier molecular flexibility index (Phi) is 5.90. The Morgan fingerprint density at radius 1 is 0.238 bits per heavy atom. The lowest BCUT2D eigenvalue weighted by atomic mass is 9.83. The third kappa shape index (κ3) is 4.08. The van der Waals surface area contributed by atoms with Gasteiger partial charge in [-0.3, -0.25) is 0 Å². The van der Waals surface area contributed by atoms with Gasteiger partial charge in [0, 0.05) is 0 Å². The molecule has 0 N–H and O–H groups in total. The maximum atomic E-state index is 2.32. The van der Waals surface area contributed by atoms with Crippen molar-refractivity contribution in [3.63, 3.8) is 0 Å². The molecule has 0 atom stereocenters. The van der Waals surface area contributed by atoms with E-state index in [1.165, 1.54) is 76.8 Å². The minimum atomic E-state index is 1.23. The van der Waals surface area contributed by atoms with Gasteiger partial charge in [0.1, 0.15) is 0 Å². The predicted octanol–water partition coefficient (Wildman–Crippen LogP) is 11.8. The number of hydrogen-bond donors (Lipinski definition) is 0. The van der Waals surface area contributed by atoms with Crippen molar-refractivity contribution >= 4 is 32.3 Å². The SMILES string of the molecule is c1ccc(-c2ccc(-c3c4ccccc4c(-c4ccccc4-c4ccc5ccccc5c4)c4ccccc34)cc2)cc1. The van der Waals surface area contributed by atoms with Crippen molar-refractivity contribution in [2.75, 3.05) is 0 Å². The van der Waals surface area contributed by atoms with Gasteiger partial charge in [-0.15, -0.1) is 0 Å². The first kappa shape index (κ1) is 24.3. The molecular weight excluding hydrogens is 504 g/mol. The topological polar surface area (TPSA) is 0 Å². The van der Waals surface area contributed by atoms with Crippen molar-refractivity contribution in [1.29, 1.82) is 0 Å². The van der Waals surface area contributed by atoms with Crippen molar-refractivity contribution in [3.8, 4) is 44.5 Å². The second-order valence-electron chi connectivity index (χ2n) is 10.9. The average molecular weight is 533 g/mol. The number of benzene rings is 8. The molecule has 8 rings (SSSR count). The molecule has 0 heterocycles. The molecule has 0 bridgehead atoms. The fourth-order valence-electron chi connectivity index (χ4n) is 6.50. The summed E-state index contributed by atoms with van der Waals surface area (Å²) in [5.74, 6) is 0. The van der Waals surface area contributed by atoms with E-state index >= 15 is 0 Å². The molecule has 0 nitrogen and oxygen atoms in total. The predicted molar refractivity (Wildman–Crippen MR) is 181 cm³/mol. The molecule has 0 saturated heterocycles. The van der Waals surface area contributed by atoms with Crippen LogP contribution < -0.4 is 0 Å². The summed E-state index contributed by atoms with van der Waals surface area (Å²) in [6.07, 6.45) is 0. The second kappa shape index (κ2) is 10.2.